The SMILES string of the molecule is COC(OC)C(=O)[C@]1(C(=O)C=N)O[C@H]1C. The summed E-state index contributed by atoms with van der Waals surface area (Å²) in [5.74, 6) is -1.28. The maximum absolute atomic E-state index is 11.8. The molecule has 0 unspecified atom stereocenters. The molecule has 15 heavy (non-hydrogen) atoms. The first kappa shape index (κ1) is 12.0. The summed E-state index contributed by atoms with van der Waals surface area (Å²) in [6.45, 7) is 1.58. The minimum atomic E-state index is -1.57. The number of rotatable bonds is 6. The van der Waals surface area contributed by atoms with Gasteiger partial charge in [-0.1, -0.05) is 0 Å². The Morgan fingerprint density at radius 2 is 1.93 bits per heavy atom. The van der Waals surface area contributed by atoms with Gasteiger partial charge in [0.25, 0.3) is 0 Å². The Balaban J connectivity index is 2.89. The van der Waals surface area contributed by atoms with Gasteiger partial charge in [0.15, 0.2) is 0 Å². The lowest BCUT2D eigenvalue weighted by molar-refractivity contribution is -0.163. The summed E-state index contributed by atoms with van der Waals surface area (Å²) in [5.41, 5.74) is -1.57. The van der Waals surface area contributed by atoms with Crippen LogP contribution in [-0.4, -0.2) is 50.0 Å². The van der Waals surface area contributed by atoms with E-state index in [9.17, 15) is 9.59 Å². The number of Topliss-reactive ketones (excluding diaryl/α,β-unsaturated/α-hetero) is 2. The zero-order valence-corrected chi connectivity index (χ0v) is 8.77. The number of carbonyl (C=O) groups excluding carboxylic acids is 2. The van der Waals surface area contributed by atoms with Crippen LogP contribution in [0.25, 0.3) is 0 Å². The minimum absolute atomic E-state index is 0.535. The van der Waals surface area contributed by atoms with Crippen LogP contribution < -0.4 is 0 Å². The summed E-state index contributed by atoms with van der Waals surface area (Å²) in [7, 11) is 2.59. The third-order valence-electron chi connectivity index (χ3n) is 2.38. The maximum atomic E-state index is 11.8. The second kappa shape index (κ2) is 4.18. The number of epoxide rings is 1. The molecule has 1 aliphatic rings. The van der Waals surface area contributed by atoms with E-state index in [1.807, 2.05) is 0 Å². The van der Waals surface area contributed by atoms with E-state index < -0.39 is 29.6 Å². The van der Waals surface area contributed by atoms with Crippen LogP contribution in [0.1, 0.15) is 6.92 Å². The molecule has 0 spiro atoms. The van der Waals surface area contributed by atoms with Gasteiger partial charge in [-0.3, -0.25) is 9.59 Å². The van der Waals surface area contributed by atoms with Crippen molar-refractivity contribution in [3.63, 3.8) is 0 Å². The van der Waals surface area contributed by atoms with Gasteiger partial charge in [-0.25, -0.2) is 0 Å². The van der Waals surface area contributed by atoms with Crippen molar-refractivity contribution in [1.29, 1.82) is 5.41 Å². The van der Waals surface area contributed by atoms with Crippen molar-refractivity contribution in [1.82, 2.24) is 0 Å². The molecule has 0 saturated carbocycles. The highest BCUT2D eigenvalue weighted by Crippen LogP contribution is 2.39. The summed E-state index contributed by atoms with van der Waals surface area (Å²) in [5, 5.41) is 6.85. The van der Waals surface area contributed by atoms with E-state index in [4.69, 9.17) is 19.6 Å². The Bertz CT molecular complexity index is 299. The molecule has 1 heterocycles. The van der Waals surface area contributed by atoms with Crippen LogP contribution in [0.15, 0.2) is 0 Å². The van der Waals surface area contributed by atoms with Crippen LogP contribution in [-0.2, 0) is 23.8 Å². The summed E-state index contributed by atoms with van der Waals surface area (Å²) in [6.07, 6.45) is -1.10. The first-order valence-corrected chi connectivity index (χ1v) is 4.37. The Morgan fingerprint density at radius 1 is 1.47 bits per heavy atom. The fraction of sp³-hybridized carbons (Fsp3) is 0.667. The normalized spacial score (nSPS) is 28.9. The number of hydrogen-bond acceptors (Lipinski definition) is 6. The number of methoxy groups -OCH3 is 2. The number of ether oxygens (including phenoxy) is 3. The largest absolute Gasteiger partial charge is 0.349 e. The lowest BCUT2D eigenvalue weighted by Crippen LogP contribution is -2.44. The molecule has 0 amide bonds. The predicted molar refractivity (Wildman–Crippen MR) is 49.9 cm³/mol. The second-order valence-electron chi connectivity index (χ2n) is 3.17. The van der Waals surface area contributed by atoms with Gasteiger partial charge in [-0.2, -0.15) is 0 Å². The molecule has 6 nitrogen and oxygen atoms in total. The van der Waals surface area contributed by atoms with Crippen molar-refractivity contribution < 1.29 is 23.8 Å². The molecule has 1 saturated heterocycles. The van der Waals surface area contributed by atoms with E-state index in [-0.39, 0.29) is 0 Å². The molecule has 6 heteroatoms. The van der Waals surface area contributed by atoms with Gasteiger partial charge >= 0.3 is 0 Å². The Morgan fingerprint density at radius 3 is 2.20 bits per heavy atom. The first-order chi connectivity index (χ1) is 7.04. The predicted octanol–water partition coefficient (Wildman–Crippen LogP) is -0.449. The van der Waals surface area contributed by atoms with Crippen LogP contribution in [0.2, 0.25) is 0 Å². The maximum Gasteiger partial charge on any atom is 0.231 e. The molecule has 1 aliphatic heterocycles. The van der Waals surface area contributed by atoms with E-state index in [1.165, 1.54) is 14.2 Å². The van der Waals surface area contributed by atoms with Crippen molar-refractivity contribution in [2.24, 2.45) is 0 Å². The summed E-state index contributed by atoms with van der Waals surface area (Å²) in [6, 6.07) is 0. The monoisotopic (exact) mass is 215 g/mol. The fourth-order valence-corrected chi connectivity index (χ4v) is 1.48. The van der Waals surface area contributed by atoms with Crippen molar-refractivity contribution in [2.45, 2.75) is 24.9 Å². The number of nitrogens with one attached hydrogen (secondary N) is 1. The van der Waals surface area contributed by atoms with Gasteiger partial charge < -0.3 is 19.6 Å². The molecule has 1 fully saturated rings. The van der Waals surface area contributed by atoms with Crippen LogP contribution in [0.4, 0.5) is 0 Å². The summed E-state index contributed by atoms with van der Waals surface area (Å²) < 4.78 is 14.5. The van der Waals surface area contributed by atoms with E-state index in [0.29, 0.717) is 6.21 Å². The topological polar surface area (TPSA) is 89.0 Å². The standard InChI is InChI=1S/C9H13NO5/c1-5-9(15-5,6(11)4-10)7(12)8(13-2)14-3/h4-5,8,10H,1-3H3/t5-,9-/m0/s1. The molecule has 1 N–H and O–H groups in total. The molecular weight excluding hydrogens is 202 g/mol. The Kier molecular flexibility index (Phi) is 3.33. The lowest BCUT2D eigenvalue weighted by atomic mass is 9.95. The van der Waals surface area contributed by atoms with Gasteiger partial charge in [-0.05, 0) is 6.92 Å². The highest BCUT2D eigenvalue weighted by Gasteiger charge is 2.66. The van der Waals surface area contributed by atoms with Gasteiger partial charge in [0.2, 0.25) is 23.5 Å². The zero-order chi connectivity index (χ0) is 11.6. The van der Waals surface area contributed by atoms with Crippen LogP contribution in [0.5, 0.6) is 0 Å². The van der Waals surface area contributed by atoms with Crippen LogP contribution in [0, 0.1) is 5.41 Å². The minimum Gasteiger partial charge on any atom is -0.349 e. The van der Waals surface area contributed by atoms with Crippen molar-refractivity contribution in [3.8, 4) is 0 Å². The molecule has 0 aromatic rings. The molecular formula is C9H13NO5. The lowest BCUT2D eigenvalue weighted by Gasteiger charge is -2.15. The molecule has 84 valence electrons. The van der Waals surface area contributed by atoms with E-state index >= 15 is 0 Å². The van der Waals surface area contributed by atoms with Crippen molar-refractivity contribution in [3.05, 3.63) is 0 Å². The Hall–Kier alpha value is -1.11. The molecule has 2 atom stereocenters. The average Bonchev–Trinajstić information content (AvgIpc) is 2.92. The summed E-state index contributed by atoms with van der Waals surface area (Å²) in [4.78, 5) is 23.2. The quantitative estimate of drug-likeness (QED) is 0.280. The van der Waals surface area contributed by atoms with Gasteiger partial charge in [0, 0.05) is 14.2 Å². The molecule has 0 aromatic carbocycles. The fourth-order valence-electron chi connectivity index (χ4n) is 1.48. The molecule has 0 aliphatic carbocycles. The van der Waals surface area contributed by atoms with E-state index in [0.717, 1.165) is 0 Å². The molecule has 0 radical (unpaired) electrons. The second-order valence-corrected chi connectivity index (χ2v) is 3.17. The van der Waals surface area contributed by atoms with Gasteiger partial charge in [0.05, 0.1) is 6.21 Å². The summed E-state index contributed by atoms with van der Waals surface area (Å²) >= 11 is 0. The first-order valence-electron chi connectivity index (χ1n) is 4.37. The van der Waals surface area contributed by atoms with Crippen LogP contribution >= 0.6 is 0 Å². The molecule has 1 rings (SSSR count). The average molecular weight is 215 g/mol. The van der Waals surface area contributed by atoms with Crippen molar-refractivity contribution >= 4 is 17.8 Å². The van der Waals surface area contributed by atoms with E-state index in [2.05, 4.69) is 0 Å². The Labute approximate surface area is 87.0 Å². The van der Waals surface area contributed by atoms with Gasteiger partial charge in [0.1, 0.15) is 6.10 Å². The highest BCUT2D eigenvalue weighted by atomic mass is 16.7. The van der Waals surface area contributed by atoms with Crippen molar-refractivity contribution in [2.75, 3.05) is 14.2 Å². The highest BCUT2D eigenvalue weighted by molar-refractivity contribution is 6.38. The number of ketones is 2. The van der Waals surface area contributed by atoms with Gasteiger partial charge in [-0.15, -0.1) is 0 Å². The zero-order valence-electron chi connectivity index (χ0n) is 8.77. The third kappa shape index (κ3) is 1.71. The molecule has 0 aromatic heterocycles. The smallest absolute Gasteiger partial charge is 0.231 e. The number of carbonyl (C=O) groups is 2. The number of hydrogen-bond donors (Lipinski definition) is 1. The molecule has 0 bridgehead atoms. The van der Waals surface area contributed by atoms with Crippen LogP contribution in [0.3, 0.4) is 0 Å². The van der Waals surface area contributed by atoms with E-state index in [1.54, 1.807) is 6.92 Å². The third-order valence-corrected chi connectivity index (χ3v) is 2.38.